The van der Waals surface area contributed by atoms with Crippen LogP contribution >= 0.6 is 0 Å². The van der Waals surface area contributed by atoms with Crippen molar-refractivity contribution in [3.63, 3.8) is 0 Å². The number of likely N-dealkylation sites (N-methyl/N-ethyl adjacent to an activating group) is 1. The summed E-state index contributed by atoms with van der Waals surface area (Å²) in [5, 5.41) is 0. The second kappa shape index (κ2) is 5.84. The van der Waals surface area contributed by atoms with E-state index in [-0.39, 0.29) is 5.54 Å². The highest BCUT2D eigenvalue weighted by Crippen LogP contribution is 2.36. The van der Waals surface area contributed by atoms with Crippen LogP contribution in [0.25, 0.3) is 0 Å². The molecule has 20 heavy (non-hydrogen) atoms. The molecule has 0 amide bonds. The van der Waals surface area contributed by atoms with Crippen molar-refractivity contribution >= 4 is 0 Å². The molecule has 1 aliphatic carbocycles. The van der Waals surface area contributed by atoms with Crippen LogP contribution < -0.4 is 5.73 Å². The Morgan fingerprint density at radius 2 is 1.85 bits per heavy atom. The summed E-state index contributed by atoms with van der Waals surface area (Å²) in [6.07, 6.45) is 5.16. The Bertz CT molecular complexity index is 419. The van der Waals surface area contributed by atoms with Gasteiger partial charge in [-0.15, -0.1) is 0 Å². The molecular formula is C17H27N3. The van der Waals surface area contributed by atoms with Crippen LogP contribution in [-0.4, -0.2) is 48.1 Å². The van der Waals surface area contributed by atoms with Gasteiger partial charge in [0.15, 0.2) is 0 Å². The molecule has 0 unspecified atom stereocenters. The van der Waals surface area contributed by atoms with Gasteiger partial charge in [0.2, 0.25) is 0 Å². The molecule has 0 radical (unpaired) electrons. The highest BCUT2D eigenvalue weighted by Gasteiger charge is 2.42. The van der Waals surface area contributed by atoms with Crippen molar-refractivity contribution in [3.8, 4) is 0 Å². The first-order valence-electron chi connectivity index (χ1n) is 7.93. The van der Waals surface area contributed by atoms with Crippen molar-refractivity contribution in [1.82, 2.24) is 9.80 Å². The predicted octanol–water partition coefficient (Wildman–Crippen LogP) is 2.07. The Hall–Kier alpha value is -0.900. The number of nitrogens with zero attached hydrogens (tertiary/aromatic N) is 2. The summed E-state index contributed by atoms with van der Waals surface area (Å²) in [6, 6.07) is 11.6. The minimum absolute atomic E-state index is 0.258. The molecule has 1 aliphatic heterocycles. The lowest BCUT2D eigenvalue weighted by Gasteiger charge is -2.47. The fourth-order valence-corrected chi connectivity index (χ4v) is 3.52. The van der Waals surface area contributed by atoms with Crippen LogP contribution in [0.15, 0.2) is 30.3 Å². The van der Waals surface area contributed by atoms with Crippen molar-refractivity contribution < 1.29 is 0 Å². The number of nitrogens with two attached hydrogens (primary N) is 1. The van der Waals surface area contributed by atoms with Gasteiger partial charge in [-0.05, 0) is 38.3 Å². The molecule has 110 valence electrons. The molecule has 2 N–H and O–H groups in total. The Balaban J connectivity index is 1.58. The second-order valence-corrected chi connectivity index (χ2v) is 6.53. The van der Waals surface area contributed by atoms with E-state index in [0.29, 0.717) is 0 Å². The maximum atomic E-state index is 6.14. The van der Waals surface area contributed by atoms with E-state index >= 15 is 0 Å². The summed E-state index contributed by atoms with van der Waals surface area (Å²) >= 11 is 0. The first-order chi connectivity index (χ1) is 9.73. The van der Waals surface area contributed by atoms with Gasteiger partial charge >= 0.3 is 0 Å². The third kappa shape index (κ3) is 2.90. The molecule has 0 bridgehead atoms. The smallest absolute Gasteiger partial charge is 0.0355 e. The maximum Gasteiger partial charge on any atom is 0.0355 e. The average Bonchev–Trinajstić information content (AvgIpc) is 3.33. The minimum atomic E-state index is 0.258. The van der Waals surface area contributed by atoms with E-state index in [1.165, 1.54) is 44.3 Å². The zero-order valence-electron chi connectivity index (χ0n) is 12.6. The number of rotatable bonds is 5. The van der Waals surface area contributed by atoms with Crippen molar-refractivity contribution in [2.45, 2.75) is 43.8 Å². The number of likely N-dealkylation sites (tertiary alicyclic amines) is 1. The topological polar surface area (TPSA) is 32.5 Å². The molecule has 3 heteroatoms. The maximum absolute atomic E-state index is 6.14. The molecule has 1 aromatic rings. The first-order valence-corrected chi connectivity index (χ1v) is 7.93. The second-order valence-electron chi connectivity index (χ2n) is 6.53. The third-order valence-electron chi connectivity index (χ3n) is 5.26. The number of piperidine rings is 1. The van der Waals surface area contributed by atoms with Crippen molar-refractivity contribution in [2.24, 2.45) is 5.73 Å². The summed E-state index contributed by atoms with van der Waals surface area (Å²) in [4.78, 5) is 5.16. The van der Waals surface area contributed by atoms with Gasteiger partial charge in [-0.25, -0.2) is 0 Å². The molecule has 3 rings (SSSR count). The van der Waals surface area contributed by atoms with Gasteiger partial charge in [0.25, 0.3) is 0 Å². The Morgan fingerprint density at radius 3 is 2.40 bits per heavy atom. The molecule has 2 fully saturated rings. The molecule has 3 nitrogen and oxygen atoms in total. The van der Waals surface area contributed by atoms with E-state index in [4.69, 9.17) is 5.73 Å². The molecule has 0 atom stereocenters. The van der Waals surface area contributed by atoms with Gasteiger partial charge in [-0.1, -0.05) is 30.3 Å². The standard InChI is InChI=1S/C17H27N3/c1-19(16-7-8-16)17(14-18)9-11-20(12-10-17)13-15-5-3-2-4-6-15/h2-6,16H,7-14,18H2,1H3. The largest absolute Gasteiger partial charge is 0.329 e. The summed E-state index contributed by atoms with van der Waals surface area (Å²) in [5.74, 6) is 0. The fourth-order valence-electron chi connectivity index (χ4n) is 3.52. The van der Waals surface area contributed by atoms with E-state index in [1.54, 1.807) is 0 Å². The van der Waals surface area contributed by atoms with E-state index in [9.17, 15) is 0 Å². The van der Waals surface area contributed by atoms with Crippen molar-refractivity contribution in [3.05, 3.63) is 35.9 Å². The number of hydrogen-bond acceptors (Lipinski definition) is 3. The SMILES string of the molecule is CN(C1CC1)C1(CN)CCN(Cc2ccccc2)CC1. The van der Waals surface area contributed by atoms with Crippen LogP contribution in [0.4, 0.5) is 0 Å². The van der Waals surface area contributed by atoms with E-state index < -0.39 is 0 Å². The van der Waals surface area contributed by atoms with Gasteiger partial charge in [-0.2, -0.15) is 0 Å². The quantitative estimate of drug-likeness (QED) is 0.891. The van der Waals surface area contributed by atoms with Crippen LogP contribution in [0.1, 0.15) is 31.2 Å². The molecule has 1 saturated heterocycles. The average molecular weight is 273 g/mol. The summed E-state index contributed by atoms with van der Waals surface area (Å²) < 4.78 is 0. The zero-order valence-corrected chi connectivity index (χ0v) is 12.6. The zero-order chi connectivity index (χ0) is 14.0. The van der Waals surface area contributed by atoms with Gasteiger partial charge in [0, 0.05) is 37.8 Å². The molecular weight excluding hydrogens is 246 g/mol. The molecule has 0 aromatic heterocycles. The van der Waals surface area contributed by atoms with Crippen LogP contribution in [0.3, 0.4) is 0 Å². The molecule has 1 saturated carbocycles. The summed E-state index contributed by atoms with van der Waals surface area (Å²) in [5.41, 5.74) is 7.82. The lowest BCUT2D eigenvalue weighted by molar-refractivity contribution is 0.0372. The number of hydrogen-bond donors (Lipinski definition) is 1. The van der Waals surface area contributed by atoms with Gasteiger partial charge < -0.3 is 5.73 Å². The third-order valence-corrected chi connectivity index (χ3v) is 5.26. The van der Waals surface area contributed by atoms with Crippen LogP contribution in [0, 0.1) is 0 Å². The summed E-state index contributed by atoms with van der Waals surface area (Å²) in [7, 11) is 2.29. The van der Waals surface area contributed by atoms with Gasteiger partial charge in [-0.3, -0.25) is 9.80 Å². The highest BCUT2D eigenvalue weighted by molar-refractivity contribution is 5.14. The molecule has 1 heterocycles. The predicted molar refractivity (Wildman–Crippen MR) is 83.5 cm³/mol. The normalized spacial score (nSPS) is 23.1. The van der Waals surface area contributed by atoms with E-state index in [1.807, 2.05) is 0 Å². The lowest BCUT2D eigenvalue weighted by atomic mass is 9.85. The van der Waals surface area contributed by atoms with Crippen LogP contribution in [-0.2, 0) is 6.54 Å². The van der Waals surface area contributed by atoms with E-state index in [0.717, 1.165) is 19.1 Å². The monoisotopic (exact) mass is 273 g/mol. The van der Waals surface area contributed by atoms with Gasteiger partial charge in [0.05, 0.1) is 0 Å². The Morgan fingerprint density at radius 1 is 1.20 bits per heavy atom. The lowest BCUT2D eigenvalue weighted by Crippen LogP contribution is -2.58. The van der Waals surface area contributed by atoms with Crippen molar-refractivity contribution in [1.29, 1.82) is 0 Å². The van der Waals surface area contributed by atoms with Crippen molar-refractivity contribution in [2.75, 3.05) is 26.7 Å². The van der Waals surface area contributed by atoms with Gasteiger partial charge in [0.1, 0.15) is 0 Å². The van der Waals surface area contributed by atoms with Crippen LogP contribution in [0.5, 0.6) is 0 Å². The van der Waals surface area contributed by atoms with E-state index in [2.05, 4.69) is 47.2 Å². The molecule has 2 aliphatic rings. The molecule has 0 spiro atoms. The Labute approximate surface area is 122 Å². The van der Waals surface area contributed by atoms with Crippen LogP contribution in [0.2, 0.25) is 0 Å². The fraction of sp³-hybridized carbons (Fsp3) is 0.647. The number of benzene rings is 1. The highest BCUT2D eigenvalue weighted by atomic mass is 15.3. The molecule has 1 aromatic carbocycles. The minimum Gasteiger partial charge on any atom is -0.329 e. The first kappa shape index (κ1) is 14.1. The summed E-state index contributed by atoms with van der Waals surface area (Å²) in [6.45, 7) is 4.22. The Kier molecular flexibility index (Phi) is 4.11.